The molecule has 0 radical (unpaired) electrons. The first-order valence-corrected chi connectivity index (χ1v) is 8.61. The van der Waals surface area contributed by atoms with Crippen LogP contribution in [0.15, 0.2) is 36.5 Å². The largest absolute Gasteiger partial charge is 0.508 e. The Labute approximate surface area is 109 Å². The third-order valence-electron chi connectivity index (χ3n) is 2.74. The lowest BCUT2D eigenvalue weighted by Gasteiger charge is -2.08. The predicted molar refractivity (Wildman–Crippen MR) is 74.5 cm³/mol. The van der Waals surface area contributed by atoms with Gasteiger partial charge < -0.3 is 9.84 Å². The average molecular weight is 262 g/mol. The van der Waals surface area contributed by atoms with Crippen molar-refractivity contribution in [3.63, 3.8) is 0 Å². The number of hydrogen-bond donors (Lipinski definition) is 1. The molecule has 0 fully saturated rings. The van der Waals surface area contributed by atoms with Crippen molar-refractivity contribution in [3.8, 4) is 17.0 Å². The summed E-state index contributed by atoms with van der Waals surface area (Å²) in [5.41, 5.74) is 2.03. The fourth-order valence-electron chi connectivity index (χ4n) is 1.71. The van der Waals surface area contributed by atoms with Crippen molar-refractivity contribution in [2.75, 3.05) is 6.61 Å². The Bertz CT molecular complexity index is 482. The number of ether oxygens (including phenoxy) is 1. The Morgan fingerprint density at radius 2 is 2.06 bits per heavy atom. The topological polar surface area (TPSA) is 47.3 Å². The van der Waals surface area contributed by atoms with E-state index in [9.17, 15) is 5.11 Å². The number of benzene rings is 1. The standard InChI is InChI=1S/C13H18N2O2Si/c1-18-9-8-17-10-15-13(6-7-14-15)11-2-4-12(16)5-3-11/h2-7,16H,8-10,18H2,1H3. The summed E-state index contributed by atoms with van der Waals surface area (Å²) < 4.78 is 7.43. The van der Waals surface area contributed by atoms with Crippen LogP contribution in [0.3, 0.4) is 0 Å². The quantitative estimate of drug-likeness (QED) is 0.638. The SMILES string of the molecule is C[SiH2]CCOCn1nccc1-c1ccc(O)cc1. The lowest BCUT2D eigenvalue weighted by atomic mass is 10.1. The summed E-state index contributed by atoms with van der Waals surface area (Å²) in [6.07, 6.45) is 1.76. The van der Waals surface area contributed by atoms with E-state index in [0.29, 0.717) is 6.73 Å². The van der Waals surface area contributed by atoms with Crippen LogP contribution in [0.5, 0.6) is 5.75 Å². The fourth-order valence-corrected chi connectivity index (χ4v) is 2.20. The first kappa shape index (κ1) is 12.9. The first-order chi connectivity index (χ1) is 8.81. The van der Waals surface area contributed by atoms with E-state index in [0.717, 1.165) is 17.9 Å². The minimum Gasteiger partial charge on any atom is -0.508 e. The molecule has 1 aromatic heterocycles. The van der Waals surface area contributed by atoms with Gasteiger partial charge in [0.05, 0.1) is 5.69 Å². The van der Waals surface area contributed by atoms with Crippen molar-refractivity contribution in [1.82, 2.24) is 9.78 Å². The molecule has 0 saturated carbocycles. The summed E-state index contributed by atoms with van der Waals surface area (Å²) in [5, 5.41) is 13.5. The number of aromatic nitrogens is 2. The second-order valence-electron chi connectivity index (χ2n) is 4.15. The van der Waals surface area contributed by atoms with Gasteiger partial charge in [-0.1, -0.05) is 6.55 Å². The highest BCUT2D eigenvalue weighted by molar-refractivity contribution is 6.33. The van der Waals surface area contributed by atoms with E-state index < -0.39 is 0 Å². The van der Waals surface area contributed by atoms with Gasteiger partial charge in [-0.3, -0.25) is 0 Å². The number of phenols is 1. The van der Waals surface area contributed by atoms with Gasteiger partial charge in [0, 0.05) is 27.9 Å². The number of aromatic hydroxyl groups is 1. The molecular formula is C13H18N2O2Si. The van der Waals surface area contributed by atoms with Gasteiger partial charge >= 0.3 is 0 Å². The van der Waals surface area contributed by atoms with Crippen LogP contribution < -0.4 is 0 Å². The number of hydrogen-bond acceptors (Lipinski definition) is 3. The molecule has 1 N–H and O–H groups in total. The molecule has 5 heteroatoms. The molecule has 0 aliphatic heterocycles. The first-order valence-electron chi connectivity index (χ1n) is 6.20. The zero-order chi connectivity index (χ0) is 12.8. The number of phenolic OH excluding ortho intramolecular Hbond substituents is 1. The summed E-state index contributed by atoms with van der Waals surface area (Å²) in [4.78, 5) is 0. The monoisotopic (exact) mass is 262 g/mol. The number of nitrogens with zero attached hydrogens (tertiary/aromatic N) is 2. The molecule has 2 aromatic rings. The van der Waals surface area contributed by atoms with E-state index in [1.165, 1.54) is 6.04 Å². The van der Waals surface area contributed by atoms with Gasteiger partial charge in [0.25, 0.3) is 0 Å². The van der Waals surface area contributed by atoms with E-state index >= 15 is 0 Å². The average Bonchev–Trinajstić information content (AvgIpc) is 2.84. The maximum Gasteiger partial charge on any atom is 0.139 e. The Hall–Kier alpha value is -1.59. The van der Waals surface area contributed by atoms with E-state index in [-0.39, 0.29) is 15.3 Å². The molecule has 18 heavy (non-hydrogen) atoms. The lowest BCUT2D eigenvalue weighted by molar-refractivity contribution is 0.0804. The third-order valence-corrected chi connectivity index (χ3v) is 3.73. The maximum absolute atomic E-state index is 9.28. The highest BCUT2D eigenvalue weighted by atomic mass is 28.2. The van der Waals surface area contributed by atoms with Crippen LogP contribution in [0.4, 0.5) is 0 Å². The molecule has 0 spiro atoms. The van der Waals surface area contributed by atoms with Crippen molar-refractivity contribution in [1.29, 1.82) is 0 Å². The van der Waals surface area contributed by atoms with Crippen LogP contribution in [0.25, 0.3) is 11.3 Å². The normalized spacial score (nSPS) is 11.4. The fraction of sp³-hybridized carbons (Fsp3) is 0.308. The van der Waals surface area contributed by atoms with Crippen molar-refractivity contribution in [2.24, 2.45) is 0 Å². The second kappa shape index (κ2) is 6.37. The summed E-state index contributed by atoms with van der Waals surface area (Å²) in [6.45, 7) is 3.58. The van der Waals surface area contributed by atoms with E-state index in [1.54, 1.807) is 18.3 Å². The Balaban J connectivity index is 2.05. The van der Waals surface area contributed by atoms with E-state index in [1.807, 2.05) is 22.9 Å². The third kappa shape index (κ3) is 3.21. The van der Waals surface area contributed by atoms with Gasteiger partial charge in [0.2, 0.25) is 0 Å². The van der Waals surface area contributed by atoms with Gasteiger partial charge in [-0.25, -0.2) is 4.68 Å². The minimum atomic E-state index is 0.0795. The van der Waals surface area contributed by atoms with Gasteiger partial charge in [-0.2, -0.15) is 5.10 Å². The second-order valence-corrected chi connectivity index (χ2v) is 5.86. The van der Waals surface area contributed by atoms with Crippen LogP contribution in [0, 0.1) is 0 Å². The molecule has 0 saturated heterocycles. The van der Waals surface area contributed by atoms with Crippen LogP contribution in [-0.2, 0) is 11.5 Å². The summed E-state index contributed by atoms with van der Waals surface area (Å²) in [6, 6.07) is 10.3. The molecule has 96 valence electrons. The molecule has 0 unspecified atom stereocenters. The highest BCUT2D eigenvalue weighted by Crippen LogP contribution is 2.21. The molecule has 0 aliphatic rings. The summed E-state index contributed by atoms with van der Waals surface area (Å²) in [7, 11) is 0.0795. The van der Waals surface area contributed by atoms with Gasteiger partial charge in [0.15, 0.2) is 0 Å². The van der Waals surface area contributed by atoms with Crippen LogP contribution in [-0.4, -0.2) is 31.0 Å². The maximum atomic E-state index is 9.28. The zero-order valence-corrected chi connectivity index (χ0v) is 12.0. The summed E-state index contributed by atoms with van der Waals surface area (Å²) >= 11 is 0. The molecule has 1 heterocycles. The summed E-state index contributed by atoms with van der Waals surface area (Å²) in [5.74, 6) is 0.272. The smallest absolute Gasteiger partial charge is 0.139 e. The minimum absolute atomic E-state index is 0.0795. The molecule has 4 nitrogen and oxygen atoms in total. The Morgan fingerprint density at radius 3 is 2.78 bits per heavy atom. The van der Waals surface area contributed by atoms with Crippen LogP contribution in [0.1, 0.15) is 0 Å². The van der Waals surface area contributed by atoms with Crippen LogP contribution >= 0.6 is 0 Å². The molecule has 0 atom stereocenters. The molecule has 0 amide bonds. The van der Waals surface area contributed by atoms with Gasteiger partial charge in [0.1, 0.15) is 12.5 Å². The molecule has 0 bridgehead atoms. The Kier molecular flexibility index (Phi) is 4.55. The Morgan fingerprint density at radius 1 is 1.28 bits per heavy atom. The highest BCUT2D eigenvalue weighted by Gasteiger charge is 2.05. The molecule has 1 aromatic carbocycles. The molecular weight excluding hydrogens is 244 g/mol. The van der Waals surface area contributed by atoms with Crippen LogP contribution in [0.2, 0.25) is 12.6 Å². The van der Waals surface area contributed by atoms with Gasteiger partial charge in [-0.05, 0) is 36.4 Å². The van der Waals surface area contributed by atoms with Crippen molar-refractivity contribution < 1.29 is 9.84 Å². The molecule has 2 rings (SSSR count). The zero-order valence-electron chi connectivity index (χ0n) is 10.5. The van der Waals surface area contributed by atoms with E-state index in [2.05, 4.69) is 11.6 Å². The lowest BCUT2D eigenvalue weighted by Crippen LogP contribution is -2.07. The van der Waals surface area contributed by atoms with Crippen molar-refractivity contribution in [3.05, 3.63) is 36.5 Å². The van der Waals surface area contributed by atoms with E-state index in [4.69, 9.17) is 4.74 Å². The van der Waals surface area contributed by atoms with Gasteiger partial charge in [-0.15, -0.1) is 0 Å². The number of rotatable bonds is 6. The van der Waals surface area contributed by atoms with Crippen molar-refractivity contribution >= 4 is 9.52 Å². The van der Waals surface area contributed by atoms with Crippen molar-refractivity contribution in [2.45, 2.75) is 19.3 Å². The predicted octanol–water partition coefficient (Wildman–Crippen LogP) is 1.86. The molecule has 0 aliphatic carbocycles.